The van der Waals surface area contributed by atoms with Gasteiger partial charge in [0, 0.05) is 10.4 Å². The van der Waals surface area contributed by atoms with E-state index in [1.165, 1.54) is 4.88 Å². The van der Waals surface area contributed by atoms with Gasteiger partial charge in [0.1, 0.15) is 11.1 Å². The van der Waals surface area contributed by atoms with Crippen molar-refractivity contribution in [2.45, 2.75) is 47.0 Å². The fourth-order valence-corrected chi connectivity index (χ4v) is 4.77. The van der Waals surface area contributed by atoms with Gasteiger partial charge in [0.05, 0.1) is 5.56 Å². The molecule has 130 valence electrons. The number of anilines is 1. The van der Waals surface area contributed by atoms with Crippen molar-refractivity contribution in [1.29, 1.82) is 5.26 Å². The first-order chi connectivity index (χ1) is 11.8. The maximum Gasteiger partial charge on any atom is 0.256 e. The van der Waals surface area contributed by atoms with Crippen LogP contribution >= 0.6 is 11.3 Å². The van der Waals surface area contributed by atoms with Crippen LogP contribution in [0.25, 0.3) is 0 Å². The average molecular weight is 353 g/mol. The predicted molar refractivity (Wildman–Crippen MR) is 103 cm³/mol. The zero-order valence-corrected chi connectivity index (χ0v) is 16.1. The number of carbonyl (C=O) groups excluding carboxylic acids is 1. The normalized spacial score (nSPS) is 16.8. The van der Waals surface area contributed by atoms with E-state index in [2.05, 4.69) is 32.2 Å². The number of aryl methyl sites for hydroxylation is 1. The third kappa shape index (κ3) is 3.62. The molecule has 3 nitrogen and oxygen atoms in total. The molecule has 0 saturated heterocycles. The Hall–Kier alpha value is -2.12. The molecule has 1 amide bonds. The molecule has 1 N–H and O–H groups in total. The SMILES string of the molecule is Cc1cccc(C(=O)Nc2sc3c(c2C#N)CCC(C(C)(C)C)C3)c1. The van der Waals surface area contributed by atoms with E-state index in [-0.39, 0.29) is 11.3 Å². The molecular weight excluding hydrogens is 328 g/mol. The summed E-state index contributed by atoms with van der Waals surface area (Å²) in [5.74, 6) is 0.469. The molecule has 0 bridgehead atoms. The second-order valence-electron chi connectivity index (χ2n) is 7.95. The van der Waals surface area contributed by atoms with Crippen LogP contribution in [0, 0.1) is 29.6 Å². The molecule has 0 radical (unpaired) electrons. The van der Waals surface area contributed by atoms with E-state index < -0.39 is 0 Å². The molecule has 1 aromatic carbocycles. The van der Waals surface area contributed by atoms with Crippen molar-refractivity contribution in [2.24, 2.45) is 11.3 Å². The van der Waals surface area contributed by atoms with Gasteiger partial charge in [0.15, 0.2) is 0 Å². The van der Waals surface area contributed by atoms with Crippen LogP contribution < -0.4 is 5.32 Å². The lowest BCUT2D eigenvalue weighted by molar-refractivity contribution is 0.102. The summed E-state index contributed by atoms with van der Waals surface area (Å²) in [6.45, 7) is 8.81. The number of fused-ring (bicyclic) bond motifs is 1. The number of hydrogen-bond acceptors (Lipinski definition) is 3. The Bertz CT molecular complexity index is 852. The highest BCUT2D eigenvalue weighted by Gasteiger charge is 2.32. The summed E-state index contributed by atoms with van der Waals surface area (Å²) in [6, 6.07) is 9.83. The zero-order chi connectivity index (χ0) is 18.2. The number of carbonyl (C=O) groups is 1. The molecule has 1 aliphatic carbocycles. The van der Waals surface area contributed by atoms with Gasteiger partial charge in [0.25, 0.3) is 5.91 Å². The van der Waals surface area contributed by atoms with Crippen molar-refractivity contribution >= 4 is 22.2 Å². The maximum absolute atomic E-state index is 12.6. The van der Waals surface area contributed by atoms with Gasteiger partial charge in [-0.1, -0.05) is 38.5 Å². The van der Waals surface area contributed by atoms with Gasteiger partial charge < -0.3 is 5.32 Å². The van der Waals surface area contributed by atoms with Crippen LogP contribution in [0.4, 0.5) is 5.00 Å². The van der Waals surface area contributed by atoms with E-state index in [1.54, 1.807) is 17.4 Å². The minimum Gasteiger partial charge on any atom is -0.312 e. The number of thiophene rings is 1. The largest absolute Gasteiger partial charge is 0.312 e. The van der Waals surface area contributed by atoms with Crippen molar-refractivity contribution in [2.75, 3.05) is 5.32 Å². The van der Waals surface area contributed by atoms with E-state index in [1.807, 2.05) is 25.1 Å². The standard InChI is InChI=1S/C21H24N2OS/c1-13-6-5-7-14(10-13)19(24)23-20-17(12-22)16-9-8-15(21(2,3)4)11-18(16)25-20/h5-7,10,15H,8-9,11H2,1-4H3,(H,23,24). The fraction of sp³-hybridized carbons (Fsp3) is 0.429. The van der Waals surface area contributed by atoms with Crippen molar-refractivity contribution in [1.82, 2.24) is 0 Å². The minimum absolute atomic E-state index is 0.147. The highest BCUT2D eigenvalue weighted by atomic mass is 32.1. The molecule has 1 heterocycles. The van der Waals surface area contributed by atoms with Gasteiger partial charge in [-0.15, -0.1) is 11.3 Å². The molecule has 3 rings (SSSR count). The summed E-state index contributed by atoms with van der Waals surface area (Å²) in [5, 5.41) is 13.3. The average Bonchev–Trinajstić information content (AvgIpc) is 2.90. The van der Waals surface area contributed by atoms with E-state index in [0.717, 1.165) is 30.4 Å². The molecule has 0 fully saturated rings. The van der Waals surface area contributed by atoms with Crippen molar-refractivity contribution in [3.63, 3.8) is 0 Å². The highest BCUT2D eigenvalue weighted by molar-refractivity contribution is 7.16. The van der Waals surface area contributed by atoms with Crippen LogP contribution in [-0.2, 0) is 12.8 Å². The Kier molecular flexibility index (Phi) is 4.71. The highest BCUT2D eigenvalue weighted by Crippen LogP contribution is 2.44. The van der Waals surface area contributed by atoms with Crippen LogP contribution in [0.1, 0.15) is 59.1 Å². The lowest BCUT2D eigenvalue weighted by Crippen LogP contribution is -2.26. The summed E-state index contributed by atoms with van der Waals surface area (Å²) >= 11 is 1.58. The maximum atomic E-state index is 12.6. The third-order valence-corrected chi connectivity index (χ3v) is 6.28. The molecule has 1 aliphatic rings. The lowest BCUT2D eigenvalue weighted by atomic mass is 9.72. The molecule has 0 aliphatic heterocycles. The smallest absolute Gasteiger partial charge is 0.256 e. The zero-order valence-electron chi connectivity index (χ0n) is 15.3. The monoisotopic (exact) mass is 352 g/mol. The Morgan fingerprint density at radius 3 is 2.76 bits per heavy atom. The summed E-state index contributed by atoms with van der Waals surface area (Å²) < 4.78 is 0. The molecule has 25 heavy (non-hydrogen) atoms. The van der Waals surface area contributed by atoms with E-state index >= 15 is 0 Å². The molecule has 1 aromatic heterocycles. The van der Waals surface area contributed by atoms with Crippen LogP contribution in [0.2, 0.25) is 0 Å². The fourth-order valence-electron chi connectivity index (χ4n) is 3.49. The topological polar surface area (TPSA) is 52.9 Å². The summed E-state index contributed by atoms with van der Waals surface area (Å²) in [4.78, 5) is 13.8. The number of hydrogen-bond donors (Lipinski definition) is 1. The summed E-state index contributed by atoms with van der Waals surface area (Å²) in [5.41, 5.74) is 3.75. The number of nitrogens with zero attached hydrogens (tertiary/aromatic N) is 1. The first-order valence-electron chi connectivity index (χ1n) is 8.72. The van der Waals surface area contributed by atoms with Crippen molar-refractivity contribution in [3.05, 3.63) is 51.4 Å². The van der Waals surface area contributed by atoms with Crippen molar-refractivity contribution < 1.29 is 4.79 Å². The second-order valence-corrected chi connectivity index (χ2v) is 9.05. The van der Waals surface area contributed by atoms with Gasteiger partial charge in [-0.05, 0) is 55.2 Å². The molecule has 1 unspecified atom stereocenters. The quantitative estimate of drug-likeness (QED) is 0.794. The lowest BCUT2D eigenvalue weighted by Gasteiger charge is -2.33. The predicted octanol–water partition coefficient (Wildman–Crippen LogP) is 5.33. The molecule has 4 heteroatoms. The number of benzene rings is 1. The molecule has 0 saturated carbocycles. The van der Waals surface area contributed by atoms with Crippen LogP contribution in [0.15, 0.2) is 24.3 Å². The van der Waals surface area contributed by atoms with E-state index in [0.29, 0.717) is 22.0 Å². The molecular formula is C21H24N2OS. The van der Waals surface area contributed by atoms with Gasteiger partial charge in [-0.3, -0.25) is 4.79 Å². The number of nitriles is 1. The Balaban J connectivity index is 1.88. The third-order valence-electron chi connectivity index (χ3n) is 5.11. The van der Waals surface area contributed by atoms with E-state index in [4.69, 9.17) is 0 Å². The van der Waals surface area contributed by atoms with Crippen LogP contribution in [0.5, 0.6) is 0 Å². The first-order valence-corrected chi connectivity index (χ1v) is 9.54. The second kappa shape index (κ2) is 6.65. The van der Waals surface area contributed by atoms with Gasteiger partial charge in [-0.25, -0.2) is 0 Å². The van der Waals surface area contributed by atoms with Gasteiger partial charge in [0.2, 0.25) is 0 Å². The summed E-state index contributed by atoms with van der Waals surface area (Å²) in [7, 11) is 0. The Labute approximate surface area is 153 Å². The van der Waals surface area contributed by atoms with Gasteiger partial charge >= 0.3 is 0 Å². The molecule has 2 aromatic rings. The van der Waals surface area contributed by atoms with E-state index in [9.17, 15) is 10.1 Å². The molecule has 0 spiro atoms. The number of nitrogens with one attached hydrogen (secondary N) is 1. The summed E-state index contributed by atoms with van der Waals surface area (Å²) in [6.07, 6.45) is 3.03. The van der Waals surface area contributed by atoms with Gasteiger partial charge in [-0.2, -0.15) is 5.26 Å². The molecule has 1 atom stereocenters. The Morgan fingerprint density at radius 1 is 1.36 bits per heavy atom. The number of rotatable bonds is 2. The van der Waals surface area contributed by atoms with Crippen LogP contribution in [0.3, 0.4) is 0 Å². The first kappa shape index (κ1) is 17.7. The Morgan fingerprint density at radius 2 is 2.12 bits per heavy atom. The minimum atomic E-state index is -0.147. The van der Waals surface area contributed by atoms with Crippen molar-refractivity contribution in [3.8, 4) is 6.07 Å². The number of amides is 1. The van der Waals surface area contributed by atoms with Crippen LogP contribution in [-0.4, -0.2) is 5.91 Å².